The summed E-state index contributed by atoms with van der Waals surface area (Å²) >= 11 is 5.66. The Hall–Kier alpha value is 0.250. The highest BCUT2D eigenvalue weighted by Gasteiger charge is 2.23. The van der Waals surface area contributed by atoms with Gasteiger partial charge < -0.3 is 5.11 Å². The molecule has 0 aromatic rings. The fourth-order valence-corrected chi connectivity index (χ4v) is 1.17. The van der Waals surface area contributed by atoms with E-state index in [1.54, 1.807) is 0 Å². The van der Waals surface area contributed by atoms with E-state index in [1.165, 1.54) is 0 Å². The van der Waals surface area contributed by atoms with Crippen LogP contribution >= 0.6 is 11.6 Å². The summed E-state index contributed by atoms with van der Waals surface area (Å²) in [7, 11) is 0. The average molecular weight is 151 g/mol. The van der Waals surface area contributed by atoms with Crippen molar-refractivity contribution in [2.45, 2.75) is 26.7 Å². The van der Waals surface area contributed by atoms with Gasteiger partial charge in [0, 0.05) is 17.9 Å². The van der Waals surface area contributed by atoms with Crippen molar-refractivity contribution in [2.24, 2.45) is 5.41 Å². The van der Waals surface area contributed by atoms with E-state index < -0.39 is 0 Å². The van der Waals surface area contributed by atoms with Gasteiger partial charge >= 0.3 is 0 Å². The molecule has 0 aliphatic carbocycles. The van der Waals surface area contributed by atoms with Crippen molar-refractivity contribution < 1.29 is 5.11 Å². The van der Waals surface area contributed by atoms with Gasteiger partial charge in [0.1, 0.15) is 0 Å². The molecule has 0 aromatic carbocycles. The van der Waals surface area contributed by atoms with Crippen molar-refractivity contribution >= 4 is 11.6 Å². The molecule has 0 fully saturated rings. The first-order valence-corrected chi connectivity index (χ1v) is 3.95. The van der Waals surface area contributed by atoms with Gasteiger partial charge in [-0.15, -0.1) is 11.6 Å². The molecule has 0 aliphatic heterocycles. The van der Waals surface area contributed by atoms with E-state index in [4.69, 9.17) is 16.7 Å². The van der Waals surface area contributed by atoms with Crippen LogP contribution in [0.15, 0.2) is 0 Å². The Bertz CT molecular complexity index is 51.8. The normalized spacial score (nSPS) is 12.0. The van der Waals surface area contributed by atoms with Crippen LogP contribution in [0.3, 0.4) is 0 Å². The predicted molar refractivity (Wildman–Crippen MR) is 40.8 cm³/mol. The Morgan fingerprint density at radius 1 is 1.33 bits per heavy atom. The van der Waals surface area contributed by atoms with Gasteiger partial charge in [-0.1, -0.05) is 13.8 Å². The zero-order valence-electron chi connectivity index (χ0n) is 6.15. The summed E-state index contributed by atoms with van der Waals surface area (Å²) in [6.45, 7) is 4.33. The zero-order chi connectivity index (χ0) is 7.33. The molecule has 0 spiro atoms. The largest absolute Gasteiger partial charge is 0.396 e. The van der Waals surface area contributed by atoms with Crippen LogP contribution in [-0.4, -0.2) is 17.6 Å². The molecule has 2 heteroatoms. The molecule has 0 saturated heterocycles. The molecule has 0 rings (SSSR count). The first-order chi connectivity index (χ1) is 4.24. The Labute approximate surface area is 62.0 Å². The second-order valence-electron chi connectivity index (χ2n) is 2.50. The average Bonchev–Trinajstić information content (AvgIpc) is 1.95. The molecule has 0 aliphatic rings. The maximum Gasteiger partial charge on any atom is 0.0498 e. The van der Waals surface area contributed by atoms with E-state index in [9.17, 15) is 0 Å². The minimum atomic E-state index is -0.0123. The summed E-state index contributed by atoms with van der Waals surface area (Å²) in [6, 6.07) is 0. The Balaban J connectivity index is 3.82. The fourth-order valence-electron chi connectivity index (χ4n) is 0.705. The summed E-state index contributed by atoms with van der Waals surface area (Å²) in [6.07, 6.45) is 1.92. The lowest BCUT2D eigenvalue weighted by atomic mass is 9.86. The third-order valence-corrected chi connectivity index (χ3v) is 2.69. The van der Waals surface area contributed by atoms with Gasteiger partial charge in [0.15, 0.2) is 0 Å². The molecular formula is C7H15ClO. The monoisotopic (exact) mass is 150 g/mol. The zero-order valence-corrected chi connectivity index (χ0v) is 6.91. The number of aliphatic hydroxyl groups excluding tert-OH is 1. The van der Waals surface area contributed by atoms with E-state index in [1.807, 2.05) is 0 Å². The molecule has 0 radical (unpaired) electrons. The third-order valence-electron chi connectivity index (χ3n) is 2.12. The second-order valence-corrected chi connectivity index (χ2v) is 2.77. The maximum absolute atomic E-state index is 8.89. The van der Waals surface area contributed by atoms with E-state index in [2.05, 4.69) is 13.8 Å². The summed E-state index contributed by atoms with van der Waals surface area (Å²) in [4.78, 5) is 0. The van der Waals surface area contributed by atoms with Crippen LogP contribution in [-0.2, 0) is 0 Å². The Morgan fingerprint density at radius 2 is 1.78 bits per heavy atom. The van der Waals surface area contributed by atoms with Gasteiger partial charge in [0.25, 0.3) is 0 Å². The number of alkyl halides is 1. The molecule has 0 unspecified atom stereocenters. The van der Waals surface area contributed by atoms with Crippen molar-refractivity contribution in [1.29, 1.82) is 0 Å². The second kappa shape index (κ2) is 4.13. The van der Waals surface area contributed by atoms with Crippen LogP contribution in [0.2, 0.25) is 0 Å². The standard InChI is InChI=1S/C7H15ClO/c1-3-7(4-2,5-8)6-9/h9H,3-6H2,1-2H3. The van der Waals surface area contributed by atoms with E-state index in [-0.39, 0.29) is 12.0 Å². The van der Waals surface area contributed by atoms with Crippen molar-refractivity contribution in [3.63, 3.8) is 0 Å². The topological polar surface area (TPSA) is 20.2 Å². The third kappa shape index (κ3) is 2.15. The van der Waals surface area contributed by atoms with E-state index in [0.29, 0.717) is 5.88 Å². The lowest BCUT2D eigenvalue weighted by Gasteiger charge is -2.25. The van der Waals surface area contributed by atoms with Gasteiger partial charge in [0.05, 0.1) is 0 Å². The smallest absolute Gasteiger partial charge is 0.0498 e. The number of hydrogen-bond donors (Lipinski definition) is 1. The van der Waals surface area contributed by atoms with E-state index in [0.717, 1.165) is 12.8 Å². The molecule has 0 bridgehead atoms. The van der Waals surface area contributed by atoms with Crippen LogP contribution in [0.1, 0.15) is 26.7 Å². The van der Waals surface area contributed by atoms with Crippen LogP contribution in [0, 0.1) is 5.41 Å². The van der Waals surface area contributed by atoms with Crippen molar-refractivity contribution in [2.75, 3.05) is 12.5 Å². The SMILES string of the molecule is CCC(CC)(CO)CCl. The molecule has 0 saturated carbocycles. The van der Waals surface area contributed by atoms with Crippen LogP contribution in [0.5, 0.6) is 0 Å². The first kappa shape index (κ1) is 9.25. The molecular weight excluding hydrogens is 136 g/mol. The Kier molecular flexibility index (Phi) is 4.24. The fraction of sp³-hybridized carbons (Fsp3) is 1.00. The van der Waals surface area contributed by atoms with Gasteiger partial charge in [0.2, 0.25) is 0 Å². The molecule has 56 valence electrons. The summed E-state index contributed by atoms with van der Waals surface area (Å²) in [5.74, 6) is 0.566. The molecule has 0 heterocycles. The summed E-state index contributed by atoms with van der Waals surface area (Å²) in [5.41, 5.74) is -0.0123. The molecule has 1 nitrogen and oxygen atoms in total. The van der Waals surface area contributed by atoms with Crippen LogP contribution in [0.25, 0.3) is 0 Å². The van der Waals surface area contributed by atoms with E-state index >= 15 is 0 Å². The van der Waals surface area contributed by atoms with Gasteiger partial charge in [-0.2, -0.15) is 0 Å². The minimum Gasteiger partial charge on any atom is -0.396 e. The molecule has 1 N–H and O–H groups in total. The number of hydrogen-bond acceptors (Lipinski definition) is 1. The Morgan fingerprint density at radius 3 is 1.78 bits per heavy atom. The van der Waals surface area contributed by atoms with Gasteiger partial charge in [-0.25, -0.2) is 0 Å². The first-order valence-electron chi connectivity index (χ1n) is 3.41. The van der Waals surface area contributed by atoms with Gasteiger partial charge in [-0.05, 0) is 12.8 Å². The van der Waals surface area contributed by atoms with Crippen molar-refractivity contribution in [1.82, 2.24) is 0 Å². The molecule has 0 aromatic heterocycles. The predicted octanol–water partition coefficient (Wildman–Crippen LogP) is 2.02. The number of rotatable bonds is 4. The highest BCUT2D eigenvalue weighted by Crippen LogP contribution is 2.26. The summed E-state index contributed by atoms with van der Waals surface area (Å²) in [5, 5.41) is 8.89. The molecule has 0 amide bonds. The summed E-state index contributed by atoms with van der Waals surface area (Å²) < 4.78 is 0. The lowest BCUT2D eigenvalue weighted by Crippen LogP contribution is -2.25. The number of halogens is 1. The molecule has 0 atom stereocenters. The van der Waals surface area contributed by atoms with Crippen LogP contribution in [0.4, 0.5) is 0 Å². The van der Waals surface area contributed by atoms with Crippen LogP contribution < -0.4 is 0 Å². The maximum atomic E-state index is 8.89. The minimum absolute atomic E-state index is 0.0123. The highest BCUT2D eigenvalue weighted by atomic mass is 35.5. The quantitative estimate of drug-likeness (QED) is 0.608. The van der Waals surface area contributed by atoms with Crippen molar-refractivity contribution in [3.8, 4) is 0 Å². The van der Waals surface area contributed by atoms with Crippen molar-refractivity contribution in [3.05, 3.63) is 0 Å². The number of aliphatic hydroxyl groups is 1. The molecule has 9 heavy (non-hydrogen) atoms. The highest BCUT2D eigenvalue weighted by molar-refractivity contribution is 6.18. The van der Waals surface area contributed by atoms with Gasteiger partial charge in [-0.3, -0.25) is 0 Å². The lowest BCUT2D eigenvalue weighted by molar-refractivity contribution is 0.137.